The first-order valence-electron chi connectivity index (χ1n) is 7.48. The molecule has 126 valence electrons. The van der Waals surface area contributed by atoms with Crippen LogP contribution in [0.4, 0.5) is 15.8 Å². The molecule has 0 saturated heterocycles. The lowest BCUT2D eigenvalue weighted by atomic mass is 10.2. The van der Waals surface area contributed by atoms with Crippen molar-refractivity contribution in [3.05, 3.63) is 53.3 Å². The van der Waals surface area contributed by atoms with Crippen LogP contribution in [0.2, 0.25) is 0 Å². The number of carbonyl (C=O) groups excluding carboxylic acids is 1. The van der Waals surface area contributed by atoms with Crippen LogP contribution < -0.4 is 9.62 Å². The number of halogens is 1. The molecule has 0 aliphatic carbocycles. The third kappa shape index (κ3) is 2.87. The molecule has 0 unspecified atom stereocenters. The van der Waals surface area contributed by atoms with Crippen LogP contribution in [-0.4, -0.2) is 20.9 Å². The molecule has 2 aromatic carbocycles. The van der Waals surface area contributed by atoms with Crippen molar-refractivity contribution in [2.24, 2.45) is 0 Å². The molecule has 1 N–H and O–H groups in total. The smallest absolute Gasteiger partial charge is 0.264 e. The van der Waals surface area contributed by atoms with Gasteiger partial charge in [0.25, 0.3) is 10.0 Å². The van der Waals surface area contributed by atoms with Crippen molar-refractivity contribution in [3.63, 3.8) is 0 Å². The van der Waals surface area contributed by atoms with Gasteiger partial charge >= 0.3 is 0 Å². The van der Waals surface area contributed by atoms with Crippen LogP contribution >= 0.6 is 0 Å². The van der Waals surface area contributed by atoms with Crippen LogP contribution in [0.25, 0.3) is 0 Å². The molecule has 3 rings (SSSR count). The summed E-state index contributed by atoms with van der Waals surface area (Å²) in [5.74, 6) is -0.888. The molecule has 0 fully saturated rings. The average molecular weight is 348 g/mol. The number of amides is 1. The average Bonchev–Trinajstić information content (AvgIpc) is 2.67. The molecule has 0 spiro atoms. The normalized spacial score (nSPS) is 14.8. The zero-order valence-electron chi connectivity index (χ0n) is 13.3. The molecule has 1 heterocycles. The van der Waals surface area contributed by atoms with Crippen molar-refractivity contribution < 1.29 is 17.6 Å². The summed E-state index contributed by atoms with van der Waals surface area (Å²) in [6.07, 6.45) is 0.000389. The minimum Gasteiger partial charge on any atom is -0.324 e. The standard InChI is InChI=1S/C17H17FN2O3S/c1-11-3-4-12(2)16(9-11)24(22,23)20-8-7-17(21)19-14-10-13(18)5-6-15(14)20/h3-6,9-10H,7-8H2,1-2H3,(H,19,21). The highest BCUT2D eigenvalue weighted by atomic mass is 32.2. The molecule has 2 aromatic rings. The summed E-state index contributed by atoms with van der Waals surface area (Å²) in [6.45, 7) is 3.54. The molecule has 1 aliphatic rings. The van der Waals surface area contributed by atoms with E-state index in [1.54, 1.807) is 19.1 Å². The van der Waals surface area contributed by atoms with Gasteiger partial charge in [-0.05, 0) is 49.2 Å². The Morgan fingerprint density at radius 2 is 1.88 bits per heavy atom. The molecule has 24 heavy (non-hydrogen) atoms. The van der Waals surface area contributed by atoms with Crippen LogP contribution in [0.1, 0.15) is 17.5 Å². The largest absolute Gasteiger partial charge is 0.324 e. The first-order valence-corrected chi connectivity index (χ1v) is 8.92. The lowest BCUT2D eigenvalue weighted by molar-refractivity contribution is -0.115. The van der Waals surface area contributed by atoms with E-state index in [-0.39, 0.29) is 35.1 Å². The number of benzene rings is 2. The Hall–Kier alpha value is -2.41. The van der Waals surface area contributed by atoms with Crippen LogP contribution in [0.5, 0.6) is 0 Å². The van der Waals surface area contributed by atoms with E-state index < -0.39 is 15.8 Å². The SMILES string of the molecule is Cc1ccc(C)c(S(=O)(=O)N2CCC(=O)Nc3cc(F)ccc32)c1. The maximum atomic E-state index is 13.5. The number of rotatable bonds is 2. The monoisotopic (exact) mass is 348 g/mol. The molecule has 1 amide bonds. The summed E-state index contributed by atoms with van der Waals surface area (Å²) in [6, 6.07) is 8.87. The lowest BCUT2D eigenvalue weighted by Gasteiger charge is -2.25. The molecule has 0 aromatic heterocycles. The van der Waals surface area contributed by atoms with Gasteiger partial charge in [0.05, 0.1) is 16.3 Å². The van der Waals surface area contributed by atoms with Gasteiger partial charge in [0.15, 0.2) is 0 Å². The molecular formula is C17H17FN2O3S. The number of anilines is 2. The Morgan fingerprint density at radius 3 is 2.62 bits per heavy atom. The topological polar surface area (TPSA) is 66.5 Å². The second-order valence-corrected chi connectivity index (χ2v) is 7.64. The van der Waals surface area contributed by atoms with Crippen molar-refractivity contribution in [1.29, 1.82) is 0 Å². The zero-order valence-corrected chi connectivity index (χ0v) is 14.2. The quantitative estimate of drug-likeness (QED) is 0.907. The van der Waals surface area contributed by atoms with E-state index in [9.17, 15) is 17.6 Å². The van der Waals surface area contributed by atoms with E-state index >= 15 is 0 Å². The van der Waals surface area contributed by atoms with Gasteiger partial charge in [-0.15, -0.1) is 0 Å². The molecule has 5 nitrogen and oxygen atoms in total. The third-order valence-electron chi connectivity index (χ3n) is 3.96. The van der Waals surface area contributed by atoms with E-state index in [0.717, 1.165) is 11.6 Å². The number of hydrogen-bond donors (Lipinski definition) is 1. The molecule has 0 bridgehead atoms. The molecule has 7 heteroatoms. The minimum absolute atomic E-state index is 0.000180. The van der Waals surface area contributed by atoms with Crippen molar-refractivity contribution in [2.45, 2.75) is 25.2 Å². The van der Waals surface area contributed by atoms with Gasteiger partial charge in [-0.1, -0.05) is 12.1 Å². The number of aryl methyl sites for hydroxylation is 2. The Bertz CT molecular complexity index is 925. The van der Waals surface area contributed by atoms with Crippen molar-refractivity contribution in [3.8, 4) is 0 Å². The second-order valence-electron chi connectivity index (χ2n) is 5.81. The van der Waals surface area contributed by atoms with Gasteiger partial charge < -0.3 is 5.32 Å². The third-order valence-corrected chi connectivity index (χ3v) is 5.91. The summed E-state index contributed by atoms with van der Waals surface area (Å²) >= 11 is 0. The number of sulfonamides is 1. The summed E-state index contributed by atoms with van der Waals surface area (Å²) in [7, 11) is -3.87. The molecule has 0 saturated carbocycles. The fourth-order valence-corrected chi connectivity index (χ4v) is 4.51. The zero-order chi connectivity index (χ0) is 17.5. The van der Waals surface area contributed by atoms with Gasteiger partial charge in [0.2, 0.25) is 5.91 Å². The molecular weight excluding hydrogens is 331 g/mol. The van der Waals surface area contributed by atoms with Gasteiger partial charge in [0, 0.05) is 13.0 Å². The van der Waals surface area contributed by atoms with E-state index in [2.05, 4.69) is 5.32 Å². The highest BCUT2D eigenvalue weighted by Crippen LogP contribution is 2.34. The van der Waals surface area contributed by atoms with E-state index in [1.165, 1.54) is 16.4 Å². The van der Waals surface area contributed by atoms with Gasteiger partial charge in [-0.25, -0.2) is 12.8 Å². The molecule has 1 aliphatic heterocycles. The summed E-state index contributed by atoms with van der Waals surface area (Å²) in [5.41, 5.74) is 1.87. The summed E-state index contributed by atoms with van der Waals surface area (Å²) < 4.78 is 41.0. The lowest BCUT2D eigenvalue weighted by Crippen LogP contribution is -2.32. The number of nitrogens with zero attached hydrogens (tertiary/aromatic N) is 1. The highest BCUT2D eigenvalue weighted by Gasteiger charge is 2.31. The maximum Gasteiger partial charge on any atom is 0.264 e. The summed E-state index contributed by atoms with van der Waals surface area (Å²) in [5, 5.41) is 2.56. The van der Waals surface area contributed by atoms with E-state index in [0.29, 0.717) is 5.56 Å². The van der Waals surface area contributed by atoms with Crippen molar-refractivity contribution in [2.75, 3.05) is 16.2 Å². The fraction of sp³-hybridized carbons (Fsp3) is 0.235. The Kier molecular flexibility index (Phi) is 4.04. The van der Waals surface area contributed by atoms with Crippen LogP contribution in [0.3, 0.4) is 0 Å². The Balaban J connectivity index is 2.18. The Morgan fingerprint density at radius 1 is 1.12 bits per heavy atom. The van der Waals surface area contributed by atoms with Crippen LogP contribution in [0.15, 0.2) is 41.3 Å². The molecule has 0 atom stereocenters. The fourth-order valence-electron chi connectivity index (χ4n) is 2.72. The maximum absolute atomic E-state index is 13.5. The van der Waals surface area contributed by atoms with E-state index in [1.807, 2.05) is 13.0 Å². The first-order chi connectivity index (χ1) is 11.3. The first kappa shape index (κ1) is 16.4. The predicted octanol–water partition coefficient (Wildman–Crippen LogP) is 2.98. The number of fused-ring (bicyclic) bond motifs is 1. The van der Waals surface area contributed by atoms with Crippen LogP contribution in [0, 0.1) is 19.7 Å². The molecule has 0 radical (unpaired) electrons. The van der Waals surface area contributed by atoms with Gasteiger partial charge in [-0.2, -0.15) is 0 Å². The number of hydrogen-bond acceptors (Lipinski definition) is 3. The van der Waals surface area contributed by atoms with Crippen molar-refractivity contribution in [1.82, 2.24) is 0 Å². The van der Waals surface area contributed by atoms with Crippen LogP contribution in [-0.2, 0) is 14.8 Å². The van der Waals surface area contributed by atoms with Crippen molar-refractivity contribution >= 4 is 27.3 Å². The van der Waals surface area contributed by atoms with Gasteiger partial charge in [-0.3, -0.25) is 9.10 Å². The Labute approximate surface area is 140 Å². The predicted molar refractivity (Wildman–Crippen MR) is 90.1 cm³/mol. The highest BCUT2D eigenvalue weighted by molar-refractivity contribution is 7.93. The number of nitrogens with one attached hydrogen (secondary N) is 1. The number of carbonyl (C=O) groups is 1. The second kappa shape index (κ2) is 5.90. The minimum atomic E-state index is -3.87. The van der Waals surface area contributed by atoms with E-state index in [4.69, 9.17) is 0 Å². The summed E-state index contributed by atoms with van der Waals surface area (Å²) in [4.78, 5) is 12.0. The van der Waals surface area contributed by atoms with Gasteiger partial charge in [0.1, 0.15) is 5.82 Å².